The van der Waals surface area contributed by atoms with E-state index in [-0.39, 0.29) is 0 Å². The van der Waals surface area contributed by atoms with Gasteiger partial charge in [0.15, 0.2) is 17.5 Å². The first kappa shape index (κ1) is 29.3. The van der Waals surface area contributed by atoms with Crippen LogP contribution in [-0.4, -0.2) is 19.5 Å². The highest BCUT2D eigenvalue weighted by molar-refractivity contribution is 7.26. The van der Waals surface area contributed by atoms with E-state index in [0.717, 1.165) is 41.1 Å². The van der Waals surface area contributed by atoms with E-state index in [1.54, 1.807) is 11.3 Å². The molecule has 3 heterocycles. The van der Waals surface area contributed by atoms with Crippen molar-refractivity contribution < 1.29 is 0 Å². The summed E-state index contributed by atoms with van der Waals surface area (Å²) in [6.07, 6.45) is 8.34. The third kappa shape index (κ3) is 4.49. The first-order chi connectivity index (χ1) is 25.8. The second-order valence-corrected chi connectivity index (χ2v) is 14.5. The Morgan fingerprint density at radius 1 is 0.519 bits per heavy atom. The number of aromatic nitrogens is 4. The van der Waals surface area contributed by atoms with Gasteiger partial charge in [-0.05, 0) is 88.5 Å². The van der Waals surface area contributed by atoms with Crippen molar-refractivity contribution in [3.05, 3.63) is 164 Å². The molecule has 0 amide bonds. The molecule has 11 rings (SSSR count). The molecule has 0 bridgehead atoms. The molecule has 0 radical (unpaired) electrons. The van der Waals surface area contributed by atoms with E-state index in [4.69, 9.17) is 15.0 Å². The van der Waals surface area contributed by atoms with Crippen molar-refractivity contribution in [1.29, 1.82) is 0 Å². The topological polar surface area (TPSA) is 43.6 Å². The van der Waals surface area contributed by atoms with Crippen LogP contribution in [0.2, 0.25) is 0 Å². The fourth-order valence-corrected chi connectivity index (χ4v) is 9.28. The van der Waals surface area contributed by atoms with Gasteiger partial charge in [-0.2, -0.15) is 0 Å². The fourth-order valence-electron chi connectivity index (χ4n) is 8.07. The first-order valence-corrected chi connectivity index (χ1v) is 18.6. The fraction of sp³-hybridized carbons (Fsp3) is 0.0426. The second kappa shape index (κ2) is 11.6. The summed E-state index contributed by atoms with van der Waals surface area (Å²) < 4.78 is 4.87. The molecule has 1 aliphatic carbocycles. The van der Waals surface area contributed by atoms with Crippen LogP contribution >= 0.6 is 11.3 Å². The van der Waals surface area contributed by atoms with Crippen LogP contribution in [0.25, 0.3) is 97.6 Å². The summed E-state index contributed by atoms with van der Waals surface area (Å²) in [5.41, 5.74) is 6.61. The van der Waals surface area contributed by atoms with Crippen LogP contribution in [0, 0.1) is 0 Å². The van der Waals surface area contributed by atoms with E-state index >= 15 is 0 Å². The zero-order chi connectivity index (χ0) is 34.2. The average molecular weight is 683 g/mol. The maximum absolute atomic E-state index is 5.18. The zero-order valence-electron chi connectivity index (χ0n) is 28.1. The molecule has 1 aliphatic rings. The van der Waals surface area contributed by atoms with Gasteiger partial charge in [-0.25, -0.2) is 15.0 Å². The maximum atomic E-state index is 5.18. The van der Waals surface area contributed by atoms with Crippen LogP contribution < -0.4 is 0 Å². The lowest BCUT2D eigenvalue weighted by Crippen LogP contribution is -2.04. The van der Waals surface area contributed by atoms with Crippen molar-refractivity contribution >= 4 is 80.4 Å². The third-order valence-electron chi connectivity index (χ3n) is 10.5. The Morgan fingerprint density at radius 2 is 1.15 bits per heavy atom. The number of hydrogen-bond donors (Lipinski definition) is 0. The summed E-state index contributed by atoms with van der Waals surface area (Å²) in [5.74, 6) is 2.13. The molecule has 0 spiro atoms. The lowest BCUT2D eigenvalue weighted by atomic mass is 10.00. The smallest absolute Gasteiger partial charge is 0.165 e. The van der Waals surface area contributed by atoms with Crippen molar-refractivity contribution in [3.8, 4) is 28.5 Å². The highest BCUT2D eigenvalue weighted by atomic mass is 32.1. The summed E-state index contributed by atoms with van der Waals surface area (Å²) in [5, 5.41) is 10.1. The van der Waals surface area contributed by atoms with Crippen LogP contribution in [-0.2, 0) is 0 Å². The lowest BCUT2D eigenvalue weighted by Gasteiger charge is -2.13. The molecule has 244 valence electrons. The molecule has 10 aromatic rings. The van der Waals surface area contributed by atoms with Gasteiger partial charge < -0.3 is 4.57 Å². The van der Waals surface area contributed by atoms with Gasteiger partial charge in [-0.15, -0.1) is 11.3 Å². The molecule has 4 nitrogen and oxygen atoms in total. The van der Waals surface area contributed by atoms with Crippen LogP contribution in [0.4, 0.5) is 0 Å². The molecule has 52 heavy (non-hydrogen) atoms. The quantitative estimate of drug-likeness (QED) is 0.186. The summed E-state index contributed by atoms with van der Waals surface area (Å²) in [4.78, 5) is 15.4. The summed E-state index contributed by atoms with van der Waals surface area (Å²) >= 11 is 1.80. The molecule has 0 N–H and O–H groups in total. The number of fused-ring (bicyclic) bond motifs is 10. The van der Waals surface area contributed by atoms with Crippen LogP contribution in [0.5, 0.6) is 0 Å². The van der Waals surface area contributed by atoms with Gasteiger partial charge in [0.1, 0.15) is 0 Å². The monoisotopic (exact) mass is 682 g/mol. The SMILES string of the molecule is C1=CCCC(c2nc(-c3ccc(-n4c5ccc6ccccc6c5c5c6ccccc6ccc54)cc3)nc(-c3cccc4c3sc3ccccc34)n2)=C1. The molecule has 0 saturated carbocycles. The van der Waals surface area contributed by atoms with Crippen LogP contribution in [0.1, 0.15) is 18.7 Å². The number of thiophene rings is 1. The van der Waals surface area contributed by atoms with E-state index in [9.17, 15) is 0 Å². The van der Waals surface area contributed by atoms with Gasteiger partial charge >= 0.3 is 0 Å². The second-order valence-electron chi connectivity index (χ2n) is 13.5. The number of hydrogen-bond acceptors (Lipinski definition) is 4. The van der Waals surface area contributed by atoms with E-state index in [1.165, 1.54) is 63.5 Å². The highest BCUT2D eigenvalue weighted by Crippen LogP contribution is 2.42. The van der Waals surface area contributed by atoms with Gasteiger partial charge in [0.05, 0.1) is 11.0 Å². The van der Waals surface area contributed by atoms with Crippen LogP contribution in [0.15, 0.2) is 158 Å². The minimum absolute atomic E-state index is 0.680. The van der Waals surface area contributed by atoms with E-state index in [0.29, 0.717) is 11.6 Å². The molecule has 7 aromatic carbocycles. The Morgan fingerprint density at radius 3 is 1.87 bits per heavy atom. The Kier molecular flexibility index (Phi) is 6.51. The van der Waals surface area contributed by atoms with Gasteiger partial charge in [-0.1, -0.05) is 109 Å². The third-order valence-corrected chi connectivity index (χ3v) is 11.7. The number of nitrogens with zero attached hydrogens (tertiary/aromatic N) is 4. The van der Waals surface area contributed by atoms with E-state index in [1.807, 2.05) is 0 Å². The van der Waals surface area contributed by atoms with Gasteiger partial charge in [0, 0.05) is 47.8 Å². The predicted molar refractivity (Wildman–Crippen MR) is 219 cm³/mol. The number of benzene rings is 7. The molecule has 3 aromatic heterocycles. The predicted octanol–water partition coefficient (Wildman–Crippen LogP) is 12.7. The maximum Gasteiger partial charge on any atom is 0.165 e. The Hall–Kier alpha value is -6.43. The molecule has 0 atom stereocenters. The molecular weight excluding hydrogens is 653 g/mol. The normalized spacial score (nSPS) is 13.3. The zero-order valence-corrected chi connectivity index (χ0v) is 28.9. The van der Waals surface area contributed by atoms with Crippen molar-refractivity contribution in [2.45, 2.75) is 12.8 Å². The summed E-state index contributed by atoms with van der Waals surface area (Å²) in [6.45, 7) is 0. The molecule has 0 unspecified atom stereocenters. The Labute approximate surface area is 303 Å². The Bertz CT molecular complexity index is 3030. The molecule has 0 saturated heterocycles. The molecule has 0 fully saturated rings. The number of allylic oxidation sites excluding steroid dienone is 4. The van der Waals surface area contributed by atoms with Crippen molar-refractivity contribution in [1.82, 2.24) is 19.5 Å². The summed E-state index contributed by atoms with van der Waals surface area (Å²) in [7, 11) is 0. The average Bonchev–Trinajstić information content (AvgIpc) is 3.78. The molecular formula is C47H30N4S. The van der Waals surface area contributed by atoms with Crippen molar-refractivity contribution in [2.24, 2.45) is 0 Å². The number of rotatable bonds is 4. The minimum atomic E-state index is 0.680. The van der Waals surface area contributed by atoms with Crippen molar-refractivity contribution in [3.63, 3.8) is 0 Å². The molecule has 0 aliphatic heterocycles. The minimum Gasteiger partial charge on any atom is -0.309 e. The Balaban J connectivity index is 1.10. The summed E-state index contributed by atoms with van der Waals surface area (Å²) in [6, 6.07) is 50.2. The van der Waals surface area contributed by atoms with Crippen molar-refractivity contribution in [2.75, 3.05) is 0 Å². The first-order valence-electron chi connectivity index (χ1n) is 17.8. The van der Waals surface area contributed by atoms with Crippen LogP contribution in [0.3, 0.4) is 0 Å². The van der Waals surface area contributed by atoms with Gasteiger partial charge in [0.25, 0.3) is 0 Å². The highest BCUT2D eigenvalue weighted by Gasteiger charge is 2.20. The largest absolute Gasteiger partial charge is 0.309 e. The lowest BCUT2D eigenvalue weighted by molar-refractivity contribution is 0.978. The standard InChI is InChI=1S/C47H30N4S/c1-2-13-31(14-3-1)45-48-46(50-47(49-45)38-19-10-18-37-36-17-8-9-20-41(36)52-44(37)38)32-21-25-33(26-22-32)51-39-27-23-29-11-4-6-15-34(29)42(39)43-35-16-7-5-12-30(35)24-28-40(43)51/h1-2,4-13,15-28H,3,14H2. The van der Waals surface area contributed by atoms with E-state index < -0.39 is 0 Å². The van der Waals surface area contributed by atoms with Gasteiger partial charge in [0.2, 0.25) is 0 Å². The van der Waals surface area contributed by atoms with Gasteiger partial charge in [-0.3, -0.25) is 0 Å². The molecule has 5 heteroatoms. The van der Waals surface area contributed by atoms with E-state index in [2.05, 4.69) is 162 Å².